The molecule has 3 aromatic carbocycles. The molecule has 0 saturated carbocycles. The van der Waals surface area contributed by atoms with Gasteiger partial charge >= 0.3 is 0 Å². The van der Waals surface area contributed by atoms with Crippen molar-refractivity contribution in [3.8, 4) is 5.75 Å². The summed E-state index contributed by atoms with van der Waals surface area (Å²) in [7, 11) is -3.76. The van der Waals surface area contributed by atoms with E-state index in [1.807, 2.05) is 0 Å². The van der Waals surface area contributed by atoms with Crippen LogP contribution in [0.2, 0.25) is 0 Å². The third kappa shape index (κ3) is 5.27. The number of hydrogen-bond acceptors (Lipinski definition) is 4. The van der Waals surface area contributed by atoms with Crippen LogP contribution in [0.1, 0.15) is 15.9 Å². The van der Waals surface area contributed by atoms with E-state index in [9.17, 15) is 13.2 Å². The molecule has 0 atom stereocenters. The zero-order valence-corrected chi connectivity index (χ0v) is 17.3. The lowest BCUT2D eigenvalue weighted by Crippen LogP contribution is -2.16. The molecule has 1 amide bonds. The van der Waals surface area contributed by atoms with Crippen molar-refractivity contribution in [2.75, 3.05) is 16.6 Å². The molecule has 0 saturated heterocycles. The molecule has 0 heterocycles. The second-order valence-corrected chi connectivity index (χ2v) is 8.21. The number of benzene rings is 3. The number of aryl methyl sites for hydroxylation is 1. The zero-order valence-electron chi connectivity index (χ0n) is 16.5. The third-order valence-corrected chi connectivity index (χ3v) is 5.64. The first kappa shape index (κ1) is 21.1. The molecule has 0 fully saturated rings. The zero-order chi connectivity index (χ0) is 21.6. The molecule has 2 N–H and O–H groups in total. The molecule has 0 unspecified atom stereocenters. The van der Waals surface area contributed by atoms with E-state index in [1.165, 1.54) is 18.2 Å². The molecule has 0 bridgehead atoms. The highest BCUT2D eigenvalue weighted by molar-refractivity contribution is 7.92. The Hall–Kier alpha value is -3.58. The first-order valence-corrected chi connectivity index (χ1v) is 10.7. The summed E-state index contributed by atoms with van der Waals surface area (Å²) in [6.07, 6.45) is 1.63. The molecule has 3 rings (SSSR count). The van der Waals surface area contributed by atoms with Crippen molar-refractivity contribution in [2.24, 2.45) is 0 Å². The number of carbonyl (C=O) groups is 1. The van der Waals surface area contributed by atoms with Gasteiger partial charge in [-0.2, -0.15) is 0 Å². The normalized spacial score (nSPS) is 10.8. The Morgan fingerprint density at radius 3 is 2.53 bits per heavy atom. The molecule has 0 radical (unpaired) electrons. The van der Waals surface area contributed by atoms with Crippen LogP contribution >= 0.6 is 0 Å². The summed E-state index contributed by atoms with van der Waals surface area (Å²) < 4.78 is 33.3. The molecule has 6 nitrogen and oxygen atoms in total. The van der Waals surface area contributed by atoms with Crippen molar-refractivity contribution in [1.29, 1.82) is 0 Å². The molecule has 0 spiro atoms. The molecule has 0 aliphatic carbocycles. The third-order valence-electron chi connectivity index (χ3n) is 4.26. The summed E-state index contributed by atoms with van der Waals surface area (Å²) in [6, 6.07) is 19.9. The number of sulfonamides is 1. The predicted octanol–water partition coefficient (Wildman–Crippen LogP) is 4.61. The van der Waals surface area contributed by atoms with Gasteiger partial charge in [-0.3, -0.25) is 9.52 Å². The molecule has 30 heavy (non-hydrogen) atoms. The Morgan fingerprint density at radius 1 is 1.03 bits per heavy atom. The average molecular weight is 423 g/mol. The number of hydrogen-bond donors (Lipinski definition) is 2. The number of carbonyl (C=O) groups excluding carboxylic acids is 1. The van der Waals surface area contributed by atoms with Gasteiger partial charge in [-0.25, -0.2) is 8.42 Å². The van der Waals surface area contributed by atoms with E-state index in [2.05, 4.69) is 16.6 Å². The Balaban J connectivity index is 1.79. The molecule has 3 aromatic rings. The highest BCUT2D eigenvalue weighted by atomic mass is 32.2. The minimum absolute atomic E-state index is 0.149. The number of rotatable bonds is 8. The standard InChI is InChI=1S/C23H22N2O4S/c1-3-14-29-20-9-7-8-19(16-20)24-23(26)18-13-12-17(2)22(15-18)25-30(27,28)21-10-5-4-6-11-21/h3-13,15-16,25H,1,14H2,2H3,(H,24,26). The smallest absolute Gasteiger partial charge is 0.261 e. The largest absolute Gasteiger partial charge is 0.489 e. The number of ether oxygens (including phenoxy) is 1. The molecular formula is C23H22N2O4S. The van der Waals surface area contributed by atoms with Gasteiger partial charge in [0.2, 0.25) is 0 Å². The Kier molecular flexibility index (Phi) is 6.54. The fourth-order valence-corrected chi connectivity index (χ4v) is 3.84. The van der Waals surface area contributed by atoms with E-state index < -0.39 is 10.0 Å². The fourth-order valence-electron chi connectivity index (χ4n) is 2.70. The van der Waals surface area contributed by atoms with Gasteiger partial charge in [0.1, 0.15) is 12.4 Å². The second-order valence-electron chi connectivity index (χ2n) is 6.53. The van der Waals surface area contributed by atoms with E-state index in [1.54, 1.807) is 67.6 Å². The highest BCUT2D eigenvalue weighted by Crippen LogP contribution is 2.23. The highest BCUT2D eigenvalue weighted by Gasteiger charge is 2.16. The van der Waals surface area contributed by atoms with Crippen LogP contribution in [0.4, 0.5) is 11.4 Å². The van der Waals surface area contributed by atoms with Crippen molar-refractivity contribution in [1.82, 2.24) is 0 Å². The first-order chi connectivity index (χ1) is 14.4. The maximum atomic E-state index is 12.7. The molecule has 0 aliphatic heterocycles. The predicted molar refractivity (Wildman–Crippen MR) is 119 cm³/mol. The Morgan fingerprint density at radius 2 is 1.80 bits per heavy atom. The van der Waals surface area contributed by atoms with Gasteiger partial charge in [0.15, 0.2) is 0 Å². The molecule has 154 valence electrons. The second kappa shape index (κ2) is 9.28. The maximum absolute atomic E-state index is 12.7. The number of nitrogens with one attached hydrogen (secondary N) is 2. The molecule has 0 aliphatic rings. The van der Waals surface area contributed by atoms with Crippen molar-refractivity contribution in [2.45, 2.75) is 11.8 Å². The van der Waals surface area contributed by atoms with Crippen molar-refractivity contribution < 1.29 is 17.9 Å². The van der Waals surface area contributed by atoms with Crippen molar-refractivity contribution in [3.63, 3.8) is 0 Å². The molecular weight excluding hydrogens is 400 g/mol. The first-order valence-electron chi connectivity index (χ1n) is 9.23. The summed E-state index contributed by atoms with van der Waals surface area (Å²) in [5.41, 5.74) is 1.93. The van der Waals surface area contributed by atoms with Gasteiger partial charge in [0, 0.05) is 17.3 Å². The summed E-state index contributed by atoms with van der Waals surface area (Å²) in [4.78, 5) is 12.8. The van der Waals surface area contributed by atoms with Crippen LogP contribution in [-0.2, 0) is 10.0 Å². The van der Waals surface area contributed by atoms with Crippen LogP contribution in [-0.4, -0.2) is 20.9 Å². The quantitative estimate of drug-likeness (QED) is 0.519. The number of anilines is 2. The average Bonchev–Trinajstić information content (AvgIpc) is 2.74. The van der Waals surface area contributed by atoms with Crippen LogP contribution in [0.5, 0.6) is 5.75 Å². The minimum Gasteiger partial charge on any atom is -0.489 e. The summed E-state index contributed by atoms with van der Waals surface area (Å²) in [5, 5.41) is 2.79. The lowest BCUT2D eigenvalue weighted by molar-refractivity contribution is 0.102. The van der Waals surface area contributed by atoms with Gasteiger partial charge in [-0.05, 0) is 48.9 Å². The molecule has 0 aromatic heterocycles. The SMILES string of the molecule is C=CCOc1cccc(NC(=O)c2ccc(C)c(NS(=O)(=O)c3ccccc3)c2)c1. The maximum Gasteiger partial charge on any atom is 0.261 e. The van der Waals surface area contributed by atoms with Crippen LogP contribution < -0.4 is 14.8 Å². The van der Waals surface area contributed by atoms with E-state index in [4.69, 9.17) is 4.74 Å². The Labute approximate surface area is 176 Å². The van der Waals surface area contributed by atoms with Crippen LogP contribution in [0.15, 0.2) is 90.3 Å². The fraction of sp³-hybridized carbons (Fsp3) is 0.0870. The lowest BCUT2D eigenvalue weighted by Gasteiger charge is -2.13. The summed E-state index contributed by atoms with van der Waals surface area (Å²) in [5.74, 6) is 0.240. The van der Waals surface area contributed by atoms with E-state index in [-0.39, 0.29) is 10.8 Å². The van der Waals surface area contributed by atoms with Gasteiger partial charge < -0.3 is 10.1 Å². The van der Waals surface area contributed by atoms with E-state index in [0.717, 1.165) is 0 Å². The Bertz CT molecular complexity index is 1160. The topological polar surface area (TPSA) is 84.5 Å². The van der Waals surface area contributed by atoms with Crippen molar-refractivity contribution >= 4 is 27.3 Å². The van der Waals surface area contributed by atoms with Crippen LogP contribution in [0.25, 0.3) is 0 Å². The number of amides is 1. The van der Waals surface area contributed by atoms with E-state index >= 15 is 0 Å². The van der Waals surface area contributed by atoms with Crippen molar-refractivity contribution in [3.05, 3.63) is 96.6 Å². The van der Waals surface area contributed by atoms with Gasteiger partial charge in [0.05, 0.1) is 10.6 Å². The van der Waals surface area contributed by atoms with Gasteiger partial charge in [-0.15, -0.1) is 0 Å². The van der Waals surface area contributed by atoms with Crippen LogP contribution in [0.3, 0.4) is 0 Å². The minimum atomic E-state index is -3.76. The van der Waals surface area contributed by atoms with Gasteiger partial charge in [-0.1, -0.05) is 43.0 Å². The van der Waals surface area contributed by atoms with Gasteiger partial charge in [0.25, 0.3) is 15.9 Å². The summed E-state index contributed by atoms with van der Waals surface area (Å²) >= 11 is 0. The molecule has 7 heteroatoms. The monoisotopic (exact) mass is 422 g/mol. The lowest BCUT2D eigenvalue weighted by atomic mass is 10.1. The van der Waals surface area contributed by atoms with E-state index in [0.29, 0.717) is 34.9 Å². The summed E-state index contributed by atoms with van der Waals surface area (Å²) in [6.45, 7) is 5.73. The van der Waals surface area contributed by atoms with Crippen LogP contribution in [0, 0.1) is 6.92 Å².